The van der Waals surface area contributed by atoms with Crippen molar-refractivity contribution in [2.45, 2.75) is 6.92 Å². The van der Waals surface area contributed by atoms with Crippen molar-refractivity contribution in [1.29, 1.82) is 0 Å². The molecule has 5 nitrogen and oxygen atoms in total. The Hall–Kier alpha value is -1.30. The number of hydrogen-bond acceptors (Lipinski definition) is 3. The maximum Gasteiger partial charge on any atom is 0.255 e. The van der Waals surface area contributed by atoms with Crippen LogP contribution in [-0.2, 0) is 4.79 Å². The summed E-state index contributed by atoms with van der Waals surface area (Å²) in [6, 6.07) is 5.03. The van der Waals surface area contributed by atoms with Crippen molar-refractivity contribution < 1.29 is 9.59 Å². The largest absolute Gasteiger partial charge is 0.339 e. The molecule has 1 aromatic carbocycles. The van der Waals surface area contributed by atoms with Crippen molar-refractivity contribution in [1.82, 2.24) is 15.1 Å². The van der Waals surface area contributed by atoms with Gasteiger partial charge in [-0.05, 0) is 19.2 Å². The van der Waals surface area contributed by atoms with E-state index in [0.717, 1.165) is 0 Å². The first-order chi connectivity index (χ1) is 11.0. The molecular weight excluding hydrogens is 337 g/mol. The Morgan fingerprint density at radius 3 is 2.39 bits per heavy atom. The van der Waals surface area contributed by atoms with Crippen LogP contribution in [0.2, 0.25) is 10.0 Å². The molecule has 0 saturated carbocycles. The number of piperazine rings is 1. The monoisotopic (exact) mass is 357 g/mol. The molecule has 1 fully saturated rings. The first-order valence-electron chi connectivity index (χ1n) is 7.62. The molecule has 1 saturated heterocycles. The van der Waals surface area contributed by atoms with Crippen LogP contribution >= 0.6 is 23.2 Å². The standard InChI is InChI=1S/C16H21Cl2N3O2/c1-11(10-19-2)15(22)20-6-8-21(9-7-20)16(23)12-4-3-5-13(17)14(12)18/h3-5,11,19H,6-10H2,1-2H3. The zero-order valence-electron chi connectivity index (χ0n) is 13.3. The number of amides is 2. The molecule has 1 aromatic rings. The summed E-state index contributed by atoms with van der Waals surface area (Å²) < 4.78 is 0. The van der Waals surface area contributed by atoms with Gasteiger partial charge in [0.1, 0.15) is 0 Å². The molecule has 23 heavy (non-hydrogen) atoms. The molecule has 7 heteroatoms. The number of hydrogen-bond donors (Lipinski definition) is 1. The number of carbonyl (C=O) groups is 2. The second-order valence-electron chi connectivity index (χ2n) is 5.68. The summed E-state index contributed by atoms with van der Waals surface area (Å²) in [6.07, 6.45) is 0. The Kier molecular flexibility index (Phi) is 6.27. The van der Waals surface area contributed by atoms with Gasteiger partial charge in [0.05, 0.1) is 15.6 Å². The molecule has 0 aliphatic carbocycles. The van der Waals surface area contributed by atoms with Crippen LogP contribution in [0.4, 0.5) is 0 Å². The zero-order chi connectivity index (χ0) is 17.0. The molecule has 1 heterocycles. The van der Waals surface area contributed by atoms with Gasteiger partial charge in [0, 0.05) is 38.6 Å². The van der Waals surface area contributed by atoms with Gasteiger partial charge < -0.3 is 15.1 Å². The van der Waals surface area contributed by atoms with Gasteiger partial charge in [-0.3, -0.25) is 9.59 Å². The molecule has 1 atom stereocenters. The van der Waals surface area contributed by atoms with Crippen molar-refractivity contribution in [3.05, 3.63) is 33.8 Å². The third-order valence-electron chi connectivity index (χ3n) is 3.99. The summed E-state index contributed by atoms with van der Waals surface area (Å²) in [4.78, 5) is 28.4. The Morgan fingerprint density at radius 1 is 1.17 bits per heavy atom. The van der Waals surface area contributed by atoms with Gasteiger partial charge in [0.25, 0.3) is 5.91 Å². The number of benzene rings is 1. The van der Waals surface area contributed by atoms with Gasteiger partial charge in [-0.15, -0.1) is 0 Å². The number of rotatable bonds is 4. The van der Waals surface area contributed by atoms with E-state index in [1.54, 1.807) is 23.1 Å². The SMILES string of the molecule is CNCC(C)C(=O)N1CCN(C(=O)c2cccc(Cl)c2Cl)CC1. The first-order valence-corrected chi connectivity index (χ1v) is 8.38. The minimum atomic E-state index is -0.145. The van der Waals surface area contributed by atoms with E-state index in [1.165, 1.54) is 0 Å². The Bertz CT molecular complexity index is 587. The van der Waals surface area contributed by atoms with Gasteiger partial charge in [-0.1, -0.05) is 36.2 Å². The van der Waals surface area contributed by atoms with Crippen molar-refractivity contribution in [2.24, 2.45) is 5.92 Å². The third kappa shape index (κ3) is 4.16. The minimum absolute atomic E-state index is 0.0652. The molecule has 1 unspecified atom stereocenters. The van der Waals surface area contributed by atoms with E-state index in [-0.39, 0.29) is 22.8 Å². The van der Waals surface area contributed by atoms with E-state index >= 15 is 0 Å². The lowest BCUT2D eigenvalue weighted by molar-refractivity contribution is -0.136. The second-order valence-corrected chi connectivity index (χ2v) is 6.46. The third-order valence-corrected chi connectivity index (χ3v) is 4.81. The Balaban J connectivity index is 1.97. The summed E-state index contributed by atoms with van der Waals surface area (Å²) in [5.41, 5.74) is 0.405. The van der Waals surface area contributed by atoms with Gasteiger partial charge >= 0.3 is 0 Å². The summed E-state index contributed by atoms with van der Waals surface area (Å²) >= 11 is 12.1. The topological polar surface area (TPSA) is 52.7 Å². The fourth-order valence-electron chi connectivity index (χ4n) is 2.67. The molecule has 2 rings (SSSR count). The fourth-order valence-corrected chi connectivity index (χ4v) is 3.06. The van der Waals surface area contributed by atoms with Crippen molar-refractivity contribution in [3.8, 4) is 0 Å². The molecule has 0 bridgehead atoms. The number of halogens is 2. The van der Waals surface area contributed by atoms with E-state index in [4.69, 9.17) is 23.2 Å². The highest BCUT2D eigenvalue weighted by Crippen LogP contribution is 2.26. The van der Waals surface area contributed by atoms with Crippen molar-refractivity contribution in [3.63, 3.8) is 0 Å². The molecule has 1 aliphatic heterocycles. The van der Waals surface area contributed by atoms with Crippen LogP contribution in [0.5, 0.6) is 0 Å². The van der Waals surface area contributed by atoms with Crippen molar-refractivity contribution in [2.75, 3.05) is 39.8 Å². The van der Waals surface area contributed by atoms with E-state index in [2.05, 4.69) is 5.32 Å². The van der Waals surface area contributed by atoms with Gasteiger partial charge in [-0.25, -0.2) is 0 Å². The quantitative estimate of drug-likeness (QED) is 0.897. The van der Waals surface area contributed by atoms with E-state index in [1.807, 2.05) is 18.9 Å². The lowest BCUT2D eigenvalue weighted by Gasteiger charge is -2.36. The molecule has 2 amide bonds. The fraction of sp³-hybridized carbons (Fsp3) is 0.500. The van der Waals surface area contributed by atoms with Crippen LogP contribution in [0.3, 0.4) is 0 Å². The van der Waals surface area contributed by atoms with Crippen LogP contribution in [0.15, 0.2) is 18.2 Å². The maximum atomic E-state index is 12.6. The van der Waals surface area contributed by atoms with Crippen LogP contribution in [0.1, 0.15) is 17.3 Å². The number of nitrogens with one attached hydrogen (secondary N) is 1. The van der Waals surface area contributed by atoms with Crippen molar-refractivity contribution >= 4 is 35.0 Å². The second kappa shape index (κ2) is 7.99. The summed E-state index contributed by atoms with van der Waals surface area (Å²) in [5, 5.41) is 3.65. The molecule has 0 aromatic heterocycles. The predicted molar refractivity (Wildman–Crippen MR) is 92.0 cm³/mol. The van der Waals surface area contributed by atoms with E-state index < -0.39 is 0 Å². The minimum Gasteiger partial charge on any atom is -0.339 e. The zero-order valence-corrected chi connectivity index (χ0v) is 14.8. The van der Waals surface area contributed by atoms with Gasteiger partial charge in [0.15, 0.2) is 0 Å². The summed E-state index contributed by atoms with van der Waals surface area (Å²) in [6.45, 7) is 4.63. The number of nitrogens with zero attached hydrogens (tertiary/aromatic N) is 2. The Labute approximate surface area is 146 Å². The molecule has 1 aliphatic rings. The number of carbonyl (C=O) groups excluding carboxylic acids is 2. The lowest BCUT2D eigenvalue weighted by Crippen LogP contribution is -2.52. The lowest BCUT2D eigenvalue weighted by atomic mass is 10.1. The molecule has 1 N–H and O–H groups in total. The highest BCUT2D eigenvalue weighted by atomic mass is 35.5. The normalized spacial score (nSPS) is 16.3. The average molecular weight is 358 g/mol. The van der Waals surface area contributed by atoms with Crippen LogP contribution in [0, 0.1) is 5.92 Å². The van der Waals surface area contributed by atoms with Crippen LogP contribution in [0.25, 0.3) is 0 Å². The molecule has 0 spiro atoms. The van der Waals surface area contributed by atoms with E-state index in [9.17, 15) is 9.59 Å². The molecule has 126 valence electrons. The van der Waals surface area contributed by atoms with Crippen LogP contribution < -0.4 is 5.32 Å². The van der Waals surface area contributed by atoms with Gasteiger partial charge in [-0.2, -0.15) is 0 Å². The highest BCUT2D eigenvalue weighted by Gasteiger charge is 2.28. The maximum absolute atomic E-state index is 12.6. The average Bonchev–Trinajstić information content (AvgIpc) is 2.56. The Morgan fingerprint density at radius 2 is 1.78 bits per heavy atom. The predicted octanol–water partition coefficient (Wildman–Crippen LogP) is 2.13. The summed E-state index contributed by atoms with van der Waals surface area (Å²) in [5.74, 6) is -0.0928. The highest BCUT2D eigenvalue weighted by molar-refractivity contribution is 6.43. The summed E-state index contributed by atoms with van der Waals surface area (Å²) in [7, 11) is 1.83. The first kappa shape index (κ1) is 18.0. The molecular formula is C16H21Cl2N3O2. The van der Waals surface area contributed by atoms with Crippen LogP contribution in [-0.4, -0.2) is 61.4 Å². The van der Waals surface area contributed by atoms with E-state index in [0.29, 0.717) is 43.3 Å². The smallest absolute Gasteiger partial charge is 0.255 e. The molecule has 0 radical (unpaired) electrons. The van der Waals surface area contributed by atoms with Gasteiger partial charge in [0.2, 0.25) is 5.91 Å².